The molecule has 0 spiro atoms. The standard InChI is InChI=1S/C22H19N5O3/c1-13-8-17(21(30-3)24-10-13)18-9-14(2)20(11-23-18)27-12-19(25-26-27)15-4-6-16(7-5-15)22(28)29/h4-12H,1-3H3,(H,28,29). The molecule has 0 aliphatic rings. The van der Waals surface area contributed by atoms with E-state index in [0.717, 1.165) is 33.6 Å². The summed E-state index contributed by atoms with van der Waals surface area (Å²) in [6, 6.07) is 10.5. The van der Waals surface area contributed by atoms with Crippen LogP contribution in [-0.2, 0) is 0 Å². The molecule has 0 saturated carbocycles. The van der Waals surface area contributed by atoms with E-state index in [4.69, 9.17) is 9.84 Å². The van der Waals surface area contributed by atoms with E-state index < -0.39 is 5.97 Å². The molecule has 0 saturated heterocycles. The van der Waals surface area contributed by atoms with Gasteiger partial charge < -0.3 is 9.84 Å². The molecule has 0 fully saturated rings. The third kappa shape index (κ3) is 3.62. The van der Waals surface area contributed by atoms with Crippen molar-refractivity contribution in [2.75, 3.05) is 7.11 Å². The fraction of sp³-hybridized carbons (Fsp3) is 0.136. The van der Waals surface area contributed by atoms with Crippen LogP contribution in [0.1, 0.15) is 21.5 Å². The molecule has 4 aromatic rings. The predicted octanol–water partition coefficient (Wildman–Crippen LogP) is 3.71. The van der Waals surface area contributed by atoms with Gasteiger partial charge in [-0.2, -0.15) is 0 Å². The molecule has 1 N–H and O–H groups in total. The van der Waals surface area contributed by atoms with Gasteiger partial charge in [0.05, 0.1) is 42.0 Å². The molecule has 3 heterocycles. The lowest BCUT2D eigenvalue weighted by Gasteiger charge is -2.10. The summed E-state index contributed by atoms with van der Waals surface area (Å²) in [5.41, 5.74) is 6.00. The molecule has 0 aliphatic carbocycles. The highest BCUT2D eigenvalue weighted by molar-refractivity contribution is 5.88. The zero-order chi connectivity index (χ0) is 21.3. The van der Waals surface area contributed by atoms with Crippen LogP contribution in [-0.4, -0.2) is 43.1 Å². The SMILES string of the molecule is COc1ncc(C)cc1-c1cc(C)c(-n2cc(-c3ccc(C(=O)O)cc3)nn2)cn1. The Bertz CT molecular complexity index is 1230. The van der Waals surface area contributed by atoms with E-state index in [9.17, 15) is 4.79 Å². The number of carbonyl (C=O) groups is 1. The number of pyridine rings is 2. The number of carboxylic acids is 1. The Morgan fingerprint density at radius 1 is 1.03 bits per heavy atom. The Morgan fingerprint density at radius 2 is 1.80 bits per heavy atom. The average Bonchev–Trinajstić information content (AvgIpc) is 3.23. The summed E-state index contributed by atoms with van der Waals surface area (Å²) in [5.74, 6) is -0.444. The Morgan fingerprint density at radius 3 is 2.47 bits per heavy atom. The van der Waals surface area contributed by atoms with Gasteiger partial charge >= 0.3 is 5.97 Å². The second-order valence-electron chi connectivity index (χ2n) is 6.86. The maximum atomic E-state index is 11.0. The molecular weight excluding hydrogens is 382 g/mol. The monoisotopic (exact) mass is 401 g/mol. The second-order valence-corrected chi connectivity index (χ2v) is 6.86. The Hall–Kier alpha value is -4.07. The number of rotatable bonds is 5. The molecule has 3 aromatic heterocycles. The van der Waals surface area contributed by atoms with Crippen LogP contribution in [0, 0.1) is 13.8 Å². The highest BCUT2D eigenvalue weighted by atomic mass is 16.5. The molecule has 0 amide bonds. The van der Waals surface area contributed by atoms with Crippen LogP contribution in [0.2, 0.25) is 0 Å². The third-order valence-corrected chi connectivity index (χ3v) is 4.71. The van der Waals surface area contributed by atoms with Gasteiger partial charge in [-0.15, -0.1) is 5.10 Å². The van der Waals surface area contributed by atoms with E-state index in [2.05, 4.69) is 20.3 Å². The van der Waals surface area contributed by atoms with Crippen LogP contribution in [0.4, 0.5) is 0 Å². The van der Waals surface area contributed by atoms with Gasteiger partial charge in [0, 0.05) is 11.8 Å². The van der Waals surface area contributed by atoms with Crippen molar-refractivity contribution in [1.82, 2.24) is 25.0 Å². The molecule has 150 valence electrons. The maximum absolute atomic E-state index is 11.0. The van der Waals surface area contributed by atoms with E-state index in [1.165, 1.54) is 0 Å². The normalized spacial score (nSPS) is 10.8. The van der Waals surface area contributed by atoms with Gasteiger partial charge in [0.2, 0.25) is 5.88 Å². The van der Waals surface area contributed by atoms with E-state index >= 15 is 0 Å². The molecule has 0 bridgehead atoms. The fourth-order valence-electron chi connectivity index (χ4n) is 3.14. The summed E-state index contributed by atoms with van der Waals surface area (Å²) >= 11 is 0. The number of aromatic nitrogens is 5. The Balaban J connectivity index is 1.66. The van der Waals surface area contributed by atoms with Crippen LogP contribution < -0.4 is 4.74 Å². The van der Waals surface area contributed by atoms with Crippen molar-refractivity contribution in [1.29, 1.82) is 0 Å². The van der Waals surface area contributed by atoms with E-state index in [1.54, 1.807) is 54.6 Å². The van der Waals surface area contributed by atoms with Gasteiger partial charge in [0.15, 0.2) is 0 Å². The summed E-state index contributed by atoms with van der Waals surface area (Å²) in [5, 5.41) is 17.4. The lowest BCUT2D eigenvalue weighted by molar-refractivity contribution is 0.0697. The number of ether oxygens (including phenoxy) is 1. The van der Waals surface area contributed by atoms with E-state index in [0.29, 0.717) is 11.6 Å². The fourth-order valence-corrected chi connectivity index (χ4v) is 3.14. The lowest BCUT2D eigenvalue weighted by Crippen LogP contribution is -2.01. The minimum atomic E-state index is -0.965. The van der Waals surface area contributed by atoms with Crippen LogP contribution in [0.5, 0.6) is 5.88 Å². The zero-order valence-corrected chi connectivity index (χ0v) is 16.7. The molecule has 30 heavy (non-hydrogen) atoms. The minimum Gasteiger partial charge on any atom is -0.481 e. The third-order valence-electron chi connectivity index (χ3n) is 4.71. The number of methoxy groups -OCH3 is 1. The molecule has 4 rings (SSSR count). The number of hydrogen-bond acceptors (Lipinski definition) is 6. The van der Waals surface area contributed by atoms with Gasteiger partial charge in [-0.3, -0.25) is 4.98 Å². The first-order valence-corrected chi connectivity index (χ1v) is 9.20. The van der Waals surface area contributed by atoms with Crippen molar-refractivity contribution < 1.29 is 14.6 Å². The number of benzene rings is 1. The molecule has 0 unspecified atom stereocenters. The van der Waals surface area contributed by atoms with Crippen molar-refractivity contribution in [3.05, 3.63) is 71.7 Å². The number of hydrogen-bond donors (Lipinski definition) is 1. The lowest BCUT2D eigenvalue weighted by atomic mass is 10.1. The van der Waals surface area contributed by atoms with Crippen molar-refractivity contribution in [2.45, 2.75) is 13.8 Å². The molecule has 0 atom stereocenters. The molecule has 8 nitrogen and oxygen atoms in total. The molecule has 0 aliphatic heterocycles. The van der Waals surface area contributed by atoms with Gasteiger partial charge in [0.25, 0.3) is 0 Å². The molecule has 8 heteroatoms. The van der Waals surface area contributed by atoms with Crippen LogP contribution >= 0.6 is 0 Å². The first-order valence-electron chi connectivity index (χ1n) is 9.20. The van der Waals surface area contributed by atoms with Gasteiger partial charge in [-0.1, -0.05) is 17.3 Å². The average molecular weight is 401 g/mol. The summed E-state index contributed by atoms with van der Waals surface area (Å²) in [6.45, 7) is 3.94. The van der Waals surface area contributed by atoms with Crippen molar-refractivity contribution in [3.63, 3.8) is 0 Å². The first kappa shape index (κ1) is 19.3. The van der Waals surface area contributed by atoms with E-state index in [1.807, 2.05) is 26.0 Å². The first-order chi connectivity index (χ1) is 14.5. The summed E-state index contributed by atoms with van der Waals surface area (Å²) in [4.78, 5) is 19.9. The summed E-state index contributed by atoms with van der Waals surface area (Å²) < 4.78 is 7.02. The molecule has 1 aromatic carbocycles. The van der Waals surface area contributed by atoms with Gasteiger partial charge in [0.1, 0.15) is 5.69 Å². The minimum absolute atomic E-state index is 0.225. The number of aryl methyl sites for hydroxylation is 2. The Labute approximate surface area is 172 Å². The molecule has 0 radical (unpaired) electrons. The summed E-state index contributed by atoms with van der Waals surface area (Å²) in [7, 11) is 1.59. The van der Waals surface area contributed by atoms with Crippen molar-refractivity contribution in [3.8, 4) is 34.1 Å². The Kier molecular flexibility index (Phi) is 4.97. The van der Waals surface area contributed by atoms with Crippen LogP contribution in [0.15, 0.2) is 55.0 Å². The van der Waals surface area contributed by atoms with Gasteiger partial charge in [-0.05, 0) is 49.2 Å². The smallest absolute Gasteiger partial charge is 0.335 e. The number of aromatic carboxylic acids is 1. The highest BCUT2D eigenvalue weighted by Gasteiger charge is 2.13. The van der Waals surface area contributed by atoms with E-state index in [-0.39, 0.29) is 5.56 Å². The summed E-state index contributed by atoms with van der Waals surface area (Å²) in [6.07, 6.45) is 5.27. The number of nitrogens with zero attached hydrogens (tertiary/aromatic N) is 5. The zero-order valence-electron chi connectivity index (χ0n) is 16.7. The highest BCUT2D eigenvalue weighted by Crippen LogP contribution is 2.29. The van der Waals surface area contributed by atoms with Crippen molar-refractivity contribution in [2.24, 2.45) is 0 Å². The topological polar surface area (TPSA) is 103 Å². The maximum Gasteiger partial charge on any atom is 0.335 e. The van der Waals surface area contributed by atoms with Crippen LogP contribution in [0.3, 0.4) is 0 Å². The van der Waals surface area contributed by atoms with Gasteiger partial charge in [-0.25, -0.2) is 14.5 Å². The van der Waals surface area contributed by atoms with Crippen molar-refractivity contribution >= 4 is 5.97 Å². The number of carboxylic acid groups (broad SMARTS) is 1. The largest absolute Gasteiger partial charge is 0.481 e. The quantitative estimate of drug-likeness (QED) is 0.544. The molecular formula is C22H19N5O3. The predicted molar refractivity (Wildman–Crippen MR) is 111 cm³/mol. The van der Waals surface area contributed by atoms with Crippen LogP contribution in [0.25, 0.3) is 28.2 Å². The second kappa shape index (κ2) is 7.75.